The molecule has 0 bridgehead atoms. The number of nitrogens with one attached hydrogen (secondary N) is 1. The SMILES string of the molecule is CN(C(=O)OC(C)(C)C)c1cc(Cl)nc2c(C(=O)NC3CCCCC3)cnn12. The Morgan fingerprint density at radius 2 is 1.96 bits per heavy atom. The van der Waals surface area contributed by atoms with Crippen LogP contribution in [-0.2, 0) is 4.74 Å². The van der Waals surface area contributed by atoms with Crippen LogP contribution >= 0.6 is 11.6 Å². The molecular formula is C19H26ClN5O3. The molecule has 0 unspecified atom stereocenters. The second kappa shape index (κ2) is 7.95. The lowest BCUT2D eigenvalue weighted by molar-refractivity contribution is 0.0587. The summed E-state index contributed by atoms with van der Waals surface area (Å²) in [6, 6.07) is 1.67. The zero-order valence-corrected chi connectivity index (χ0v) is 17.4. The van der Waals surface area contributed by atoms with Crippen LogP contribution in [0.2, 0.25) is 5.15 Å². The standard InChI is InChI=1S/C19H26ClN5O3/c1-19(2,3)28-18(27)24(4)15-10-14(20)23-16-13(11-21-25(15)16)17(26)22-12-8-6-5-7-9-12/h10-12H,5-9H2,1-4H3,(H,22,26). The van der Waals surface area contributed by atoms with Crippen molar-refractivity contribution in [1.29, 1.82) is 0 Å². The van der Waals surface area contributed by atoms with Gasteiger partial charge in [-0.25, -0.2) is 9.78 Å². The zero-order valence-electron chi connectivity index (χ0n) is 16.7. The summed E-state index contributed by atoms with van der Waals surface area (Å²) in [4.78, 5) is 30.7. The van der Waals surface area contributed by atoms with Crippen molar-refractivity contribution in [2.75, 3.05) is 11.9 Å². The molecule has 3 rings (SSSR count). The van der Waals surface area contributed by atoms with E-state index in [9.17, 15) is 9.59 Å². The van der Waals surface area contributed by atoms with Crippen LogP contribution in [0.4, 0.5) is 10.6 Å². The van der Waals surface area contributed by atoms with E-state index in [4.69, 9.17) is 16.3 Å². The largest absolute Gasteiger partial charge is 0.443 e. The van der Waals surface area contributed by atoms with Gasteiger partial charge in [-0.1, -0.05) is 30.9 Å². The van der Waals surface area contributed by atoms with E-state index in [1.165, 1.54) is 28.1 Å². The summed E-state index contributed by atoms with van der Waals surface area (Å²) < 4.78 is 6.82. The van der Waals surface area contributed by atoms with E-state index in [-0.39, 0.29) is 17.1 Å². The highest BCUT2D eigenvalue weighted by Gasteiger charge is 2.25. The monoisotopic (exact) mass is 407 g/mol. The molecule has 1 N–H and O–H groups in total. The Hall–Kier alpha value is -2.35. The number of nitrogens with zero attached hydrogens (tertiary/aromatic N) is 4. The number of hydrogen-bond acceptors (Lipinski definition) is 5. The maximum atomic E-state index is 12.7. The average molecular weight is 408 g/mol. The van der Waals surface area contributed by atoms with Crippen LogP contribution < -0.4 is 10.2 Å². The fourth-order valence-corrected chi connectivity index (χ4v) is 3.43. The molecule has 0 spiro atoms. The van der Waals surface area contributed by atoms with Gasteiger partial charge in [0.2, 0.25) is 0 Å². The Labute approximate surface area is 169 Å². The summed E-state index contributed by atoms with van der Waals surface area (Å²) in [7, 11) is 1.56. The third-order valence-electron chi connectivity index (χ3n) is 4.62. The van der Waals surface area contributed by atoms with Crippen molar-refractivity contribution in [2.45, 2.75) is 64.5 Å². The van der Waals surface area contributed by atoms with E-state index >= 15 is 0 Å². The summed E-state index contributed by atoms with van der Waals surface area (Å²) in [5.41, 5.74) is -0.0191. The van der Waals surface area contributed by atoms with Gasteiger partial charge in [0.05, 0.1) is 6.20 Å². The molecule has 28 heavy (non-hydrogen) atoms. The van der Waals surface area contributed by atoms with E-state index in [1.807, 2.05) is 0 Å². The van der Waals surface area contributed by atoms with Crippen molar-refractivity contribution in [1.82, 2.24) is 19.9 Å². The summed E-state index contributed by atoms with van der Waals surface area (Å²) in [6.07, 6.45) is 6.30. The van der Waals surface area contributed by atoms with E-state index in [0.29, 0.717) is 17.0 Å². The third kappa shape index (κ3) is 4.55. The highest BCUT2D eigenvalue weighted by atomic mass is 35.5. The van der Waals surface area contributed by atoms with Gasteiger partial charge < -0.3 is 10.1 Å². The molecule has 9 heteroatoms. The van der Waals surface area contributed by atoms with Gasteiger partial charge in [0.15, 0.2) is 5.65 Å². The number of halogens is 1. The fourth-order valence-electron chi connectivity index (χ4n) is 3.25. The first-order valence-electron chi connectivity index (χ1n) is 9.47. The lowest BCUT2D eigenvalue weighted by Crippen LogP contribution is -2.36. The quantitative estimate of drug-likeness (QED) is 0.781. The van der Waals surface area contributed by atoms with E-state index in [0.717, 1.165) is 25.7 Å². The molecule has 8 nitrogen and oxygen atoms in total. The van der Waals surface area contributed by atoms with Crippen LogP contribution in [0, 0.1) is 0 Å². The smallest absolute Gasteiger partial charge is 0.415 e. The van der Waals surface area contributed by atoms with Gasteiger partial charge >= 0.3 is 6.09 Å². The van der Waals surface area contributed by atoms with E-state index in [1.54, 1.807) is 27.8 Å². The minimum atomic E-state index is -0.642. The first-order chi connectivity index (χ1) is 13.2. The van der Waals surface area contributed by atoms with Gasteiger partial charge in [0, 0.05) is 19.2 Å². The third-order valence-corrected chi connectivity index (χ3v) is 4.81. The van der Waals surface area contributed by atoms with Crippen LogP contribution in [-0.4, -0.2) is 45.3 Å². The predicted molar refractivity (Wildman–Crippen MR) is 107 cm³/mol. The minimum Gasteiger partial charge on any atom is -0.443 e. The molecule has 0 aromatic carbocycles. The number of fused-ring (bicyclic) bond motifs is 1. The van der Waals surface area contributed by atoms with Gasteiger partial charge in [-0.15, -0.1) is 0 Å². The number of hydrogen-bond donors (Lipinski definition) is 1. The molecule has 1 fully saturated rings. The number of amides is 2. The first kappa shape index (κ1) is 20.4. The number of carbonyl (C=O) groups is 2. The highest BCUT2D eigenvalue weighted by molar-refractivity contribution is 6.30. The Morgan fingerprint density at radius 1 is 1.29 bits per heavy atom. The van der Waals surface area contributed by atoms with E-state index in [2.05, 4.69) is 15.4 Å². The first-order valence-corrected chi connectivity index (χ1v) is 9.85. The van der Waals surface area contributed by atoms with Crippen LogP contribution in [0.15, 0.2) is 12.3 Å². The average Bonchev–Trinajstić information content (AvgIpc) is 3.03. The topological polar surface area (TPSA) is 88.8 Å². The molecule has 2 aromatic rings. The molecular weight excluding hydrogens is 382 g/mol. The van der Waals surface area contributed by atoms with Crippen LogP contribution in [0.25, 0.3) is 5.65 Å². The zero-order chi connectivity index (χ0) is 20.5. The number of rotatable bonds is 3. The molecule has 2 aromatic heterocycles. The van der Waals surface area contributed by atoms with Gasteiger partial charge in [0.25, 0.3) is 5.91 Å². The Kier molecular flexibility index (Phi) is 5.79. The van der Waals surface area contributed by atoms with Crippen molar-refractivity contribution in [2.24, 2.45) is 0 Å². The van der Waals surface area contributed by atoms with Crippen LogP contribution in [0.3, 0.4) is 0 Å². The molecule has 0 saturated heterocycles. The number of carbonyl (C=O) groups excluding carboxylic acids is 2. The molecule has 152 valence electrons. The Balaban J connectivity index is 1.90. The Morgan fingerprint density at radius 3 is 2.61 bits per heavy atom. The lowest BCUT2D eigenvalue weighted by Gasteiger charge is -2.25. The molecule has 0 radical (unpaired) electrons. The van der Waals surface area contributed by atoms with Gasteiger partial charge in [-0.2, -0.15) is 9.61 Å². The van der Waals surface area contributed by atoms with Crippen molar-refractivity contribution in [3.8, 4) is 0 Å². The lowest BCUT2D eigenvalue weighted by atomic mass is 9.95. The molecule has 2 amide bonds. The summed E-state index contributed by atoms with van der Waals surface area (Å²) in [5.74, 6) is 0.128. The van der Waals surface area contributed by atoms with Crippen molar-refractivity contribution >= 4 is 35.1 Å². The molecule has 1 aliphatic rings. The summed E-state index contributed by atoms with van der Waals surface area (Å²) in [6.45, 7) is 5.36. The highest BCUT2D eigenvalue weighted by Crippen LogP contribution is 2.24. The molecule has 1 aliphatic carbocycles. The maximum Gasteiger partial charge on any atom is 0.415 e. The van der Waals surface area contributed by atoms with E-state index < -0.39 is 11.7 Å². The molecule has 1 saturated carbocycles. The van der Waals surface area contributed by atoms with Crippen LogP contribution in [0.1, 0.15) is 63.2 Å². The summed E-state index contributed by atoms with van der Waals surface area (Å²) in [5, 5.41) is 7.47. The number of ether oxygens (including phenoxy) is 1. The van der Waals surface area contributed by atoms with Gasteiger partial charge in [-0.3, -0.25) is 9.69 Å². The fraction of sp³-hybridized carbons (Fsp3) is 0.579. The molecule has 2 heterocycles. The predicted octanol–water partition coefficient (Wildman–Crippen LogP) is 3.82. The number of aromatic nitrogens is 3. The van der Waals surface area contributed by atoms with Crippen LogP contribution in [0.5, 0.6) is 0 Å². The minimum absolute atomic E-state index is 0.158. The Bertz CT molecular complexity index is 884. The summed E-state index contributed by atoms with van der Waals surface area (Å²) >= 11 is 6.17. The second-order valence-corrected chi connectivity index (χ2v) is 8.47. The second-order valence-electron chi connectivity index (χ2n) is 8.08. The van der Waals surface area contributed by atoms with Crippen molar-refractivity contribution in [3.63, 3.8) is 0 Å². The maximum absolute atomic E-state index is 12.7. The van der Waals surface area contributed by atoms with Crippen molar-refractivity contribution in [3.05, 3.63) is 23.0 Å². The van der Waals surface area contributed by atoms with Crippen molar-refractivity contribution < 1.29 is 14.3 Å². The van der Waals surface area contributed by atoms with Gasteiger partial charge in [-0.05, 0) is 33.6 Å². The van der Waals surface area contributed by atoms with Gasteiger partial charge in [0.1, 0.15) is 22.1 Å². The molecule has 0 aliphatic heterocycles. The normalized spacial score (nSPS) is 15.5. The number of anilines is 1. The molecule has 0 atom stereocenters.